The highest BCUT2D eigenvalue weighted by atomic mass is 16.1. The van der Waals surface area contributed by atoms with E-state index in [-0.39, 0.29) is 5.56 Å². The van der Waals surface area contributed by atoms with Gasteiger partial charge in [0.05, 0.1) is 16.8 Å². The van der Waals surface area contributed by atoms with Crippen LogP contribution in [0.2, 0.25) is 0 Å². The maximum Gasteiger partial charge on any atom is 0.279 e. The molecule has 0 fully saturated rings. The quantitative estimate of drug-likeness (QED) is 0.642. The second-order valence-electron chi connectivity index (χ2n) is 8.27. The molecule has 1 aromatic carbocycles. The molecular formula is C24H32N4O2. The predicted octanol–water partition coefficient (Wildman–Crippen LogP) is 3.97. The molecule has 2 aromatic heterocycles. The molecule has 0 saturated heterocycles. The molecule has 3 aromatic rings. The third kappa shape index (κ3) is 3.51. The van der Waals surface area contributed by atoms with Crippen molar-refractivity contribution in [3.05, 3.63) is 63.3 Å². The molecular weight excluding hydrogens is 376 g/mol. The molecule has 30 heavy (non-hydrogen) atoms. The first kappa shape index (κ1) is 21.7. The Kier molecular flexibility index (Phi) is 6.06. The monoisotopic (exact) mass is 408 g/mol. The van der Waals surface area contributed by atoms with Gasteiger partial charge in [0.25, 0.3) is 11.5 Å². The number of aromatic nitrogens is 3. The Morgan fingerprint density at radius 1 is 1.07 bits per heavy atom. The number of carbonyl (C=O) groups is 1. The summed E-state index contributed by atoms with van der Waals surface area (Å²) in [6.07, 6.45) is 1.70. The van der Waals surface area contributed by atoms with E-state index in [1.54, 1.807) is 4.68 Å². The fraction of sp³-hybridized carbons (Fsp3) is 0.417. The number of hydrogen-bond acceptors (Lipinski definition) is 2. The van der Waals surface area contributed by atoms with Gasteiger partial charge in [-0.05, 0) is 44.7 Å². The second kappa shape index (κ2) is 8.38. The van der Waals surface area contributed by atoms with Gasteiger partial charge in [-0.2, -0.15) is 0 Å². The van der Waals surface area contributed by atoms with E-state index < -0.39 is 5.91 Å². The van der Waals surface area contributed by atoms with Crippen molar-refractivity contribution in [3.63, 3.8) is 0 Å². The van der Waals surface area contributed by atoms with Crippen molar-refractivity contribution in [1.82, 2.24) is 13.9 Å². The second-order valence-corrected chi connectivity index (χ2v) is 8.27. The van der Waals surface area contributed by atoms with Crippen LogP contribution in [-0.2, 0) is 20.0 Å². The Balaban J connectivity index is 2.35. The minimum Gasteiger partial charge on any atom is -0.366 e. The van der Waals surface area contributed by atoms with Crippen LogP contribution >= 0.6 is 0 Å². The number of nitrogens with two attached hydrogens (primary N) is 1. The topological polar surface area (TPSA) is 75.0 Å². The molecule has 0 saturated carbocycles. The highest BCUT2D eigenvalue weighted by Gasteiger charge is 2.29. The summed E-state index contributed by atoms with van der Waals surface area (Å²) in [6, 6.07) is 9.54. The summed E-state index contributed by atoms with van der Waals surface area (Å²) >= 11 is 0. The number of hydrogen-bond donors (Lipinski definition) is 1. The van der Waals surface area contributed by atoms with E-state index in [2.05, 4.69) is 25.3 Å². The Labute approximate surface area is 177 Å². The molecule has 2 N–H and O–H groups in total. The molecule has 1 amide bonds. The van der Waals surface area contributed by atoms with Gasteiger partial charge in [0, 0.05) is 36.2 Å². The maximum atomic E-state index is 13.6. The molecule has 6 nitrogen and oxygen atoms in total. The van der Waals surface area contributed by atoms with E-state index in [1.165, 1.54) is 0 Å². The lowest BCUT2D eigenvalue weighted by molar-refractivity contribution is 0.1000. The number of primary amides is 1. The molecule has 3 rings (SSSR count). The zero-order valence-electron chi connectivity index (χ0n) is 18.8. The SMILES string of the molecule is CCc1c(-c2c(C)n(C)n(-c3ccccc3)c2=O)c(C(N)=O)c(C)n1CCC(C)C. The van der Waals surface area contributed by atoms with Gasteiger partial charge in [0.15, 0.2) is 0 Å². The number of benzene rings is 1. The van der Waals surface area contributed by atoms with E-state index in [9.17, 15) is 9.59 Å². The molecule has 2 heterocycles. The standard InChI is InChI=1S/C24H32N4O2/c1-7-19-22(20(23(25)29)17(5)27(19)14-13-15(2)3)21-16(4)26(6)28(24(21)30)18-11-9-8-10-12-18/h8-12,15H,7,13-14H2,1-6H3,(H2,25,29). The summed E-state index contributed by atoms with van der Waals surface area (Å²) in [4.78, 5) is 26.1. The van der Waals surface area contributed by atoms with Crippen molar-refractivity contribution in [3.8, 4) is 16.8 Å². The van der Waals surface area contributed by atoms with Crippen molar-refractivity contribution in [2.75, 3.05) is 0 Å². The summed E-state index contributed by atoms with van der Waals surface area (Å²) in [5.74, 6) is 0.0418. The zero-order valence-corrected chi connectivity index (χ0v) is 18.8. The first-order chi connectivity index (χ1) is 14.2. The summed E-state index contributed by atoms with van der Waals surface area (Å²) in [5, 5.41) is 0. The average Bonchev–Trinajstić information content (AvgIpc) is 3.10. The van der Waals surface area contributed by atoms with Gasteiger partial charge in [-0.25, -0.2) is 4.68 Å². The van der Waals surface area contributed by atoms with Crippen molar-refractivity contribution in [2.45, 2.75) is 54.0 Å². The van der Waals surface area contributed by atoms with Crippen molar-refractivity contribution in [1.29, 1.82) is 0 Å². The normalized spacial score (nSPS) is 11.4. The van der Waals surface area contributed by atoms with E-state index in [0.29, 0.717) is 29.0 Å². The molecule has 0 spiro atoms. The lowest BCUT2D eigenvalue weighted by Crippen LogP contribution is -2.20. The third-order valence-corrected chi connectivity index (χ3v) is 5.95. The van der Waals surface area contributed by atoms with Gasteiger partial charge < -0.3 is 10.3 Å². The Morgan fingerprint density at radius 3 is 2.23 bits per heavy atom. The van der Waals surface area contributed by atoms with Crippen LogP contribution in [0.4, 0.5) is 0 Å². The fourth-order valence-corrected chi connectivity index (χ4v) is 4.28. The van der Waals surface area contributed by atoms with Gasteiger partial charge in [-0.1, -0.05) is 39.0 Å². The van der Waals surface area contributed by atoms with Crippen molar-refractivity contribution >= 4 is 5.91 Å². The van der Waals surface area contributed by atoms with E-state index in [4.69, 9.17) is 5.73 Å². The Morgan fingerprint density at radius 2 is 1.70 bits per heavy atom. The Bertz CT molecular complexity index is 1130. The smallest absolute Gasteiger partial charge is 0.279 e. The molecule has 0 aliphatic rings. The van der Waals surface area contributed by atoms with Crippen LogP contribution in [0, 0.1) is 19.8 Å². The van der Waals surface area contributed by atoms with E-state index >= 15 is 0 Å². The number of amides is 1. The highest BCUT2D eigenvalue weighted by molar-refractivity contribution is 6.02. The van der Waals surface area contributed by atoms with Crippen LogP contribution in [0.3, 0.4) is 0 Å². The van der Waals surface area contributed by atoms with Gasteiger partial charge in [0.2, 0.25) is 0 Å². The van der Waals surface area contributed by atoms with Gasteiger partial charge >= 0.3 is 0 Å². The largest absolute Gasteiger partial charge is 0.366 e. The summed E-state index contributed by atoms with van der Waals surface area (Å²) < 4.78 is 5.67. The predicted molar refractivity (Wildman–Crippen MR) is 121 cm³/mol. The van der Waals surface area contributed by atoms with Gasteiger partial charge in [0.1, 0.15) is 0 Å². The van der Waals surface area contributed by atoms with Crippen LogP contribution < -0.4 is 11.3 Å². The number of carbonyl (C=O) groups excluding carboxylic acids is 1. The van der Waals surface area contributed by atoms with E-state index in [1.807, 2.05) is 55.9 Å². The lowest BCUT2D eigenvalue weighted by Gasteiger charge is -2.13. The molecule has 0 unspecified atom stereocenters. The summed E-state index contributed by atoms with van der Waals surface area (Å²) in [6.45, 7) is 11.1. The zero-order chi connectivity index (χ0) is 22.2. The van der Waals surface area contributed by atoms with Crippen LogP contribution in [0.5, 0.6) is 0 Å². The van der Waals surface area contributed by atoms with Crippen LogP contribution in [-0.4, -0.2) is 19.8 Å². The number of para-hydroxylation sites is 1. The van der Waals surface area contributed by atoms with Gasteiger partial charge in [-0.3, -0.25) is 14.3 Å². The maximum absolute atomic E-state index is 13.6. The third-order valence-electron chi connectivity index (χ3n) is 5.95. The molecule has 0 atom stereocenters. The van der Waals surface area contributed by atoms with E-state index in [0.717, 1.165) is 35.7 Å². The first-order valence-corrected chi connectivity index (χ1v) is 10.6. The molecule has 0 radical (unpaired) electrons. The number of nitrogens with zero attached hydrogens (tertiary/aromatic N) is 3. The lowest BCUT2D eigenvalue weighted by atomic mass is 9.99. The van der Waals surface area contributed by atoms with Crippen LogP contribution in [0.1, 0.15) is 54.6 Å². The summed E-state index contributed by atoms with van der Waals surface area (Å²) in [7, 11) is 1.87. The van der Waals surface area contributed by atoms with Crippen LogP contribution in [0.15, 0.2) is 35.1 Å². The Hall–Kier alpha value is -3.02. The summed E-state index contributed by atoms with van der Waals surface area (Å²) in [5.41, 5.74) is 10.8. The van der Waals surface area contributed by atoms with Crippen LogP contribution in [0.25, 0.3) is 16.8 Å². The number of rotatable bonds is 7. The molecule has 0 aliphatic heterocycles. The molecule has 6 heteroatoms. The fourth-order valence-electron chi connectivity index (χ4n) is 4.28. The highest BCUT2D eigenvalue weighted by Crippen LogP contribution is 2.34. The average molecular weight is 409 g/mol. The minimum atomic E-state index is -0.491. The van der Waals surface area contributed by atoms with Crippen molar-refractivity contribution in [2.24, 2.45) is 18.7 Å². The first-order valence-electron chi connectivity index (χ1n) is 10.6. The van der Waals surface area contributed by atoms with Gasteiger partial charge in [-0.15, -0.1) is 0 Å². The minimum absolute atomic E-state index is 0.139. The molecule has 0 aliphatic carbocycles. The van der Waals surface area contributed by atoms with Crippen molar-refractivity contribution < 1.29 is 4.79 Å². The molecule has 0 bridgehead atoms. The molecule has 160 valence electrons.